The molecule has 2 rings (SSSR count). The molecule has 0 amide bonds. The van der Waals surface area contributed by atoms with Crippen LogP contribution in [0.3, 0.4) is 0 Å². The SMILES string of the molecule is CCn1cc(CC(CO)Cc2cccc(F)c2)cn1. The molecule has 3 nitrogen and oxygen atoms in total. The highest BCUT2D eigenvalue weighted by molar-refractivity contribution is 5.17. The third-order valence-electron chi connectivity index (χ3n) is 3.21. The average Bonchev–Trinajstić information content (AvgIpc) is 2.85. The van der Waals surface area contributed by atoms with Crippen molar-refractivity contribution >= 4 is 0 Å². The number of aryl methyl sites for hydroxylation is 1. The molecule has 0 bridgehead atoms. The Morgan fingerprint density at radius 3 is 2.74 bits per heavy atom. The maximum absolute atomic E-state index is 13.1. The van der Waals surface area contributed by atoms with E-state index in [1.807, 2.05) is 30.1 Å². The summed E-state index contributed by atoms with van der Waals surface area (Å²) in [6.07, 6.45) is 5.25. The molecule has 1 unspecified atom stereocenters. The summed E-state index contributed by atoms with van der Waals surface area (Å²) in [4.78, 5) is 0. The van der Waals surface area contributed by atoms with E-state index >= 15 is 0 Å². The Balaban J connectivity index is 2.00. The number of aromatic nitrogens is 2. The van der Waals surface area contributed by atoms with Crippen LogP contribution in [0.2, 0.25) is 0 Å². The van der Waals surface area contributed by atoms with E-state index in [-0.39, 0.29) is 18.3 Å². The second kappa shape index (κ2) is 6.48. The lowest BCUT2D eigenvalue weighted by Crippen LogP contribution is -2.12. The van der Waals surface area contributed by atoms with Crippen LogP contribution in [-0.2, 0) is 19.4 Å². The third kappa shape index (κ3) is 3.89. The summed E-state index contributed by atoms with van der Waals surface area (Å²) in [5.74, 6) is -0.135. The standard InChI is InChI=1S/C15H19FN2O/c1-2-18-10-14(9-17-18)7-13(11-19)6-12-4-3-5-15(16)8-12/h3-5,8-10,13,19H,2,6-7,11H2,1H3. The van der Waals surface area contributed by atoms with Crippen molar-refractivity contribution in [2.24, 2.45) is 5.92 Å². The van der Waals surface area contributed by atoms with Crippen LogP contribution < -0.4 is 0 Å². The zero-order chi connectivity index (χ0) is 13.7. The Morgan fingerprint density at radius 2 is 2.11 bits per heavy atom. The monoisotopic (exact) mass is 262 g/mol. The number of rotatable bonds is 6. The van der Waals surface area contributed by atoms with Gasteiger partial charge in [-0.25, -0.2) is 4.39 Å². The van der Waals surface area contributed by atoms with Gasteiger partial charge in [0.15, 0.2) is 0 Å². The summed E-state index contributed by atoms with van der Waals surface area (Å²) in [6, 6.07) is 6.55. The minimum atomic E-state index is -0.229. The molecular weight excluding hydrogens is 243 g/mol. The minimum Gasteiger partial charge on any atom is -0.396 e. The molecule has 1 aromatic carbocycles. The van der Waals surface area contributed by atoms with Crippen LogP contribution in [-0.4, -0.2) is 21.5 Å². The summed E-state index contributed by atoms with van der Waals surface area (Å²) < 4.78 is 15.0. The highest BCUT2D eigenvalue weighted by atomic mass is 19.1. The van der Waals surface area contributed by atoms with Gasteiger partial charge >= 0.3 is 0 Å². The van der Waals surface area contributed by atoms with Crippen molar-refractivity contribution in [3.63, 3.8) is 0 Å². The lowest BCUT2D eigenvalue weighted by molar-refractivity contribution is 0.225. The molecule has 0 fully saturated rings. The lowest BCUT2D eigenvalue weighted by Gasteiger charge is -2.13. The smallest absolute Gasteiger partial charge is 0.123 e. The van der Waals surface area contributed by atoms with E-state index in [9.17, 15) is 9.50 Å². The van der Waals surface area contributed by atoms with Crippen molar-refractivity contribution in [1.82, 2.24) is 9.78 Å². The summed E-state index contributed by atoms with van der Waals surface area (Å²) in [5, 5.41) is 13.7. The van der Waals surface area contributed by atoms with Crippen molar-refractivity contribution in [2.45, 2.75) is 26.3 Å². The summed E-state index contributed by atoms with van der Waals surface area (Å²) in [6.45, 7) is 2.97. The van der Waals surface area contributed by atoms with E-state index in [1.54, 1.807) is 6.07 Å². The number of hydrogen-bond donors (Lipinski definition) is 1. The molecule has 0 aliphatic heterocycles. The molecular formula is C15H19FN2O. The van der Waals surface area contributed by atoms with E-state index < -0.39 is 0 Å². The van der Waals surface area contributed by atoms with Gasteiger partial charge in [0.1, 0.15) is 5.82 Å². The zero-order valence-corrected chi connectivity index (χ0v) is 11.1. The second-order valence-electron chi connectivity index (χ2n) is 4.79. The molecule has 0 aliphatic rings. The number of hydrogen-bond acceptors (Lipinski definition) is 2. The lowest BCUT2D eigenvalue weighted by atomic mass is 9.94. The highest BCUT2D eigenvalue weighted by Crippen LogP contribution is 2.15. The number of benzene rings is 1. The Morgan fingerprint density at radius 1 is 1.32 bits per heavy atom. The van der Waals surface area contributed by atoms with Crippen LogP contribution in [0.5, 0.6) is 0 Å². The summed E-state index contributed by atoms with van der Waals surface area (Å²) in [7, 11) is 0. The molecule has 4 heteroatoms. The molecule has 0 spiro atoms. The van der Waals surface area contributed by atoms with E-state index in [0.717, 1.165) is 24.1 Å². The molecule has 19 heavy (non-hydrogen) atoms. The van der Waals surface area contributed by atoms with Crippen LogP contribution >= 0.6 is 0 Å². The third-order valence-corrected chi connectivity index (χ3v) is 3.21. The molecule has 0 radical (unpaired) electrons. The molecule has 0 saturated carbocycles. The van der Waals surface area contributed by atoms with Crippen molar-refractivity contribution in [2.75, 3.05) is 6.61 Å². The fourth-order valence-corrected chi connectivity index (χ4v) is 2.22. The van der Waals surface area contributed by atoms with Crippen molar-refractivity contribution in [1.29, 1.82) is 0 Å². The van der Waals surface area contributed by atoms with Crippen molar-refractivity contribution in [3.8, 4) is 0 Å². The van der Waals surface area contributed by atoms with E-state index in [2.05, 4.69) is 5.10 Å². The van der Waals surface area contributed by atoms with Gasteiger partial charge in [0.05, 0.1) is 6.20 Å². The quantitative estimate of drug-likeness (QED) is 0.868. The van der Waals surface area contributed by atoms with Gasteiger partial charge in [-0.1, -0.05) is 12.1 Å². The fraction of sp³-hybridized carbons (Fsp3) is 0.400. The minimum absolute atomic E-state index is 0.0911. The van der Waals surface area contributed by atoms with Gasteiger partial charge < -0.3 is 5.11 Å². The van der Waals surface area contributed by atoms with Crippen LogP contribution in [0.25, 0.3) is 0 Å². The van der Waals surface area contributed by atoms with Crippen LogP contribution in [0.15, 0.2) is 36.7 Å². The van der Waals surface area contributed by atoms with Crippen LogP contribution in [0, 0.1) is 11.7 Å². The Kier molecular flexibility index (Phi) is 4.68. The summed E-state index contributed by atoms with van der Waals surface area (Å²) >= 11 is 0. The number of nitrogens with zero attached hydrogens (tertiary/aromatic N) is 2. The number of aliphatic hydroxyl groups is 1. The van der Waals surface area contributed by atoms with Crippen molar-refractivity contribution < 1.29 is 9.50 Å². The topological polar surface area (TPSA) is 38.0 Å². The van der Waals surface area contributed by atoms with Gasteiger partial charge in [0, 0.05) is 19.3 Å². The predicted octanol–water partition coefficient (Wildman–Crippen LogP) is 2.44. The molecule has 1 aromatic heterocycles. The fourth-order valence-electron chi connectivity index (χ4n) is 2.22. The van der Waals surface area contributed by atoms with Crippen LogP contribution in [0.1, 0.15) is 18.1 Å². The van der Waals surface area contributed by atoms with Gasteiger partial charge in [0.25, 0.3) is 0 Å². The largest absolute Gasteiger partial charge is 0.396 e. The van der Waals surface area contributed by atoms with Gasteiger partial charge in [-0.05, 0) is 48.9 Å². The van der Waals surface area contributed by atoms with E-state index in [4.69, 9.17) is 0 Å². The Labute approximate surface area is 112 Å². The first kappa shape index (κ1) is 13.7. The first-order chi connectivity index (χ1) is 9.21. The van der Waals surface area contributed by atoms with E-state index in [1.165, 1.54) is 12.1 Å². The summed E-state index contributed by atoms with van der Waals surface area (Å²) in [5.41, 5.74) is 2.03. The maximum atomic E-state index is 13.1. The molecule has 0 aliphatic carbocycles. The van der Waals surface area contributed by atoms with Crippen molar-refractivity contribution in [3.05, 3.63) is 53.6 Å². The van der Waals surface area contributed by atoms with Gasteiger partial charge in [-0.2, -0.15) is 5.10 Å². The molecule has 1 N–H and O–H groups in total. The molecule has 102 valence electrons. The van der Waals surface area contributed by atoms with Gasteiger partial charge in [-0.15, -0.1) is 0 Å². The van der Waals surface area contributed by atoms with Gasteiger partial charge in [0.2, 0.25) is 0 Å². The van der Waals surface area contributed by atoms with Gasteiger partial charge in [-0.3, -0.25) is 4.68 Å². The Bertz CT molecular complexity index is 524. The zero-order valence-electron chi connectivity index (χ0n) is 11.1. The molecule has 1 atom stereocenters. The number of aliphatic hydroxyl groups excluding tert-OH is 1. The molecule has 2 aromatic rings. The normalized spacial score (nSPS) is 12.6. The Hall–Kier alpha value is -1.68. The molecule has 0 saturated heterocycles. The molecule has 1 heterocycles. The number of halogens is 1. The first-order valence-corrected chi connectivity index (χ1v) is 6.58. The van der Waals surface area contributed by atoms with Crippen LogP contribution in [0.4, 0.5) is 4.39 Å². The maximum Gasteiger partial charge on any atom is 0.123 e. The first-order valence-electron chi connectivity index (χ1n) is 6.58. The highest BCUT2D eigenvalue weighted by Gasteiger charge is 2.11. The second-order valence-corrected chi connectivity index (χ2v) is 4.79. The average molecular weight is 262 g/mol. The predicted molar refractivity (Wildman–Crippen MR) is 72.3 cm³/mol. The van der Waals surface area contributed by atoms with E-state index in [0.29, 0.717) is 6.42 Å².